The Morgan fingerprint density at radius 1 is 1.67 bits per heavy atom. The van der Waals surface area contributed by atoms with Gasteiger partial charge in [0.05, 0.1) is 6.61 Å². The van der Waals surface area contributed by atoms with E-state index in [1.54, 1.807) is 25.3 Å². The van der Waals surface area contributed by atoms with Gasteiger partial charge in [-0.2, -0.15) is 0 Å². The Morgan fingerprint density at radius 2 is 2.25 bits per heavy atom. The van der Waals surface area contributed by atoms with Gasteiger partial charge in [-0.1, -0.05) is 0 Å². The van der Waals surface area contributed by atoms with Crippen LogP contribution in [0.4, 0.5) is 0 Å². The number of carbonyl (C=O) groups is 1. The molecule has 0 aliphatic heterocycles. The van der Waals surface area contributed by atoms with E-state index >= 15 is 0 Å². The summed E-state index contributed by atoms with van der Waals surface area (Å²) in [5.74, 6) is -0.834. The number of carboxylic acid groups (broad SMARTS) is 1. The van der Waals surface area contributed by atoms with Gasteiger partial charge >= 0.3 is 5.97 Å². The normalized spacial score (nSPS) is 11.4. The monoisotopic (exact) mass is 173 g/mol. The molecule has 0 aliphatic rings. The molecule has 0 rings (SSSR count). The molecule has 0 radical (unpaired) electrons. The highest BCUT2D eigenvalue weighted by molar-refractivity contribution is 5.69. The number of hydrogen-bond acceptors (Lipinski definition) is 3. The van der Waals surface area contributed by atoms with Gasteiger partial charge in [0.1, 0.15) is 6.54 Å². The summed E-state index contributed by atoms with van der Waals surface area (Å²) in [7, 11) is 3.32. The van der Waals surface area contributed by atoms with Crippen molar-refractivity contribution in [2.24, 2.45) is 0 Å². The fourth-order valence-electron chi connectivity index (χ4n) is 0.900. The Morgan fingerprint density at radius 3 is 2.67 bits per heavy atom. The Bertz CT molecular complexity index is 177. The first kappa shape index (κ1) is 11.0. The number of aliphatic carboxylic acids is 1. The predicted molar refractivity (Wildman–Crippen MR) is 45.9 cm³/mol. The van der Waals surface area contributed by atoms with E-state index < -0.39 is 5.97 Å². The standard InChI is InChI=1S/C8H15NO3/c1-7(6-12-3)4-9(2)5-8(10)11/h4H,5-6H2,1-3H3,(H,10,11). The van der Waals surface area contributed by atoms with Crippen LogP contribution in [0.2, 0.25) is 0 Å². The highest BCUT2D eigenvalue weighted by atomic mass is 16.5. The van der Waals surface area contributed by atoms with E-state index in [0.717, 1.165) is 5.57 Å². The first-order chi connectivity index (χ1) is 5.56. The Hall–Kier alpha value is -1.03. The zero-order valence-electron chi connectivity index (χ0n) is 7.70. The quantitative estimate of drug-likeness (QED) is 0.659. The summed E-state index contributed by atoms with van der Waals surface area (Å²) in [5, 5.41) is 8.42. The van der Waals surface area contributed by atoms with Gasteiger partial charge in [0, 0.05) is 20.4 Å². The van der Waals surface area contributed by atoms with Crippen molar-refractivity contribution >= 4 is 5.97 Å². The second-order valence-electron chi connectivity index (χ2n) is 2.72. The van der Waals surface area contributed by atoms with Crippen LogP contribution >= 0.6 is 0 Å². The second kappa shape index (κ2) is 5.60. The topological polar surface area (TPSA) is 49.8 Å². The zero-order valence-corrected chi connectivity index (χ0v) is 7.70. The van der Waals surface area contributed by atoms with E-state index in [9.17, 15) is 4.79 Å². The summed E-state index contributed by atoms with van der Waals surface area (Å²) in [4.78, 5) is 11.9. The maximum Gasteiger partial charge on any atom is 0.323 e. The van der Waals surface area contributed by atoms with Crippen molar-refractivity contribution < 1.29 is 14.6 Å². The zero-order chi connectivity index (χ0) is 9.56. The summed E-state index contributed by atoms with van der Waals surface area (Å²) in [6.07, 6.45) is 1.76. The Balaban J connectivity index is 3.86. The second-order valence-corrected chi connectivity index (χ2v) is 2.72. The Labute approximate surface area is 72.4 Å². The van der Waals surface area contributed by atoms with Crippen molar-refractivity contribution in [2.75, 3.05) is 27.3 Å². The molecule has 0 heterocycles. The minimum atomic E-state index is -0.834. The summed E-state index contributed by atoms with van der Waals surface area (Å²) in [5.41, 5.74) is 1.00. The van der Waals surface area contributed by atoms with Gasteiger partial charge in [0.15, 0.2) is 0 Å². The van der Waals surface area contributed by atoms with Crippen molar-refractivity contribution in [3.8, 4) is 0 Å². The van der Waals surface area contributed by atoms with Crippen molar-refractivity contribution in [2.45, 2.75) is 6.92 Å². The van der Waals surface area contributed by atoms with E-state index in [1.807, 2.05) is 6.92 Å². The van der Waals surface area contributed by atoms with Crippen LogP contribution in [0.25, 0.3) is 0 Å². The number of rotatable bonds is 5. The van der Waals surface area contributed by atoms with Crippen LogP contribution in [-0.4, -0.2) is 43.3 Å². The molecular weight excluding hydrogens is 158 g/mol. The molecule has 0 fully saturated rings. The van der Waals surface area contributed by atoms with Crippen LogP contribution in [0, 0.1) is 0 Å². The summed E-state index contributed by atoms with van der Waals surface area (Å²) in [6, 6.07) is 0. The number of likely N-dealkylation sites (N-methyl/N-ethyl adjacent to an activating group) is 1. The predicted octanol–water partition coefficient (Wildman–Crippen LogP) is 0.553. The van der Waals surface area contributed by atoms with Crippen LogP contribution in [0.5, 0.6) is 0 Å². The fraction of sp³-hybridized carbons (Fsp3) is 0.625. The number of hydrogen-bond donors (Lipinski definition) is 1. The lowest BCUT2D eigenvalue weighted by atomic mass is 10.3. The van der Waals surface area contributed by atoms with E-state index in [2.05, 4.69) is 0 Å². The van der Waals surface area contributed by atoms with Crippen LogP contribution in [-0.2, 0) is 9.53 Å². The van der Waals surface area contributed by atoms with E-state index in [-0.39, 0.29) is 6.54 Å². The molecule has 0 atom stereocenters. The molecule has 0 saturated carbocycles. The summed E-state index contributed by atoms with van der Waals surface area (Å²) >= 11 is 0. The molecule has 0 spiro atoms. The highest BCUT2D eigenvalue weighted by Gasteiger charge is 1.99. The van der Waals surface area contributed by atoms with Crippen molar-refractivity contribution in [1.29, 1.82) is 0 Å². The molecule has 12 heavy (non-hydrogen) atoms. The van der Waals surface area contributed by atoms with Gasteiger partial charge in [-0.05, 0) is 12.5 Å². The van der Waals surface area contributed by atoms with Gasteiger partial charge in [-0.25, -0.2) is 0 Å². The number of ether oxygens (including phenoxy) is 1. The lowest BCUT2D eigenvalue weighted by Crippen LogP contribution is -2.20. The lowest BCUT2D eigenvalue weighted by Gasteiger charge is -2.11. The Kier molecular flexibility index (Phi) is 5.12. The first-order valence-electron chi connectivity index (χ1n) is 3.64. The van der Waals surface area contributed by atoms with Crippen molar-refractivity contribution in [1.82, 2.24) is 4.90 Å². The third kappa shape index (κ3) is 5.73. The number of nitrogens with zero attached hydrogens (tertiary/aromatic N) is 1. The van der Waals surface area contributed by atoms with E-state index in [1.165, 1.54) is 0 Å². The van der Waals surface area contributed by atoms with Crippen LogP contribution in [0.3, 0.4) is 0 Å². The highest BCUT2D eigenvalue weighted by Crippen LogP contribution is 1.95. The van der Waals surface area contributed by atoms with E-state index in [4.69, 9.17) is 9.84 Å². The molecule has 4 heteroatoms. The largest absolute Gasteiger partial charge is 0.480 e. The molecule has 4 nitrogen and oxygen atoms in total. The van der Waals surface area contributed by atoms with Gasteiger partial charge < -0.3 is 14.7 Å². The van der Waals surface area contributed by atoms with Gasteiger partial charge in [-0.3, -0.25) is 4.79 Å². The summed E-state index contributed by atoms with van der Waals surface area (Å²) in [6.45, 7) is 2.44. The lowest BCUT2D eigenvalue weighted by molar-refractivity contribution is -0.137. The maximum atomic E-state index is 10.2. The van der Waals surface area contributed by atoms with Crippen molar-refractivity contribution in [3.63, 3.8) is 0 Å². The molecule has 0 aromatic rings. The average Bonchev–Trinajstić information content (AvgIpc) is 1.84. The molecule has 0 amide bonds. The van der Waals surface area contributed by atoms with Gasteiger partial charge in [0.25, 0.3) is 0 Å². The molecular formula is C8H15NO3. The fourth-order valence-corrected chi connectivity index (χ4v) is 0.900. The van der Waals surface area contributed by atoms with Gasteiger partial charge in [-0.15, -0.1) is 0 Å². The number of carboxylic acids is 1. The molecule has 0 aromatic heterocycles. The minimum absolute atomic E-state index is 0.0149. The summed E-state index contributed by atoms with van der Waals surface area (Å²) < 4.78 is 4.87. The van der Waals surface area contributed by atoms with Gasteiger partial charge in [0.2, 0.25) is 0 Å². The molecule has 0 bridgehead atoms. The minimum Gasteiger partial charge on any atom is -0.480 e. The van der Waals surface area contributed by atoms with Crippen molar-refractivity contribution in [3.05, 3.63) is 11.8 Å². The molecule has 1 N–H and O–H groups in total. The smallest absolute Gasteiger partial charge is 0.323 e. The first-order valence-corrected chi connectivity index (χ1v) is 3.64. The molecule has 70 valence electrons. The van der Waals surface area contributed by atoms with Crippen LogP contribution < -0.4 is 0 Å². The third-order valence-corrected chi connectivity index (χ3v) is 1.20. The third-order valence-electron chi connectivity index (χ3n) is 1.20. The molecule has 0 aliphatic carbocycles. The molecule has 0 saturated heterocycles. The van der Waals surface area contributed by atoms with Crippen LogP contribution in [0.15, 0.2) is 11.8 Å². The average molecular weight is 173 g/mol. The van der Waals surface area contributed by atoms with Crippen LogP contribution in [0.1, 0.15) is 6.92 Å². The molecule has 0 unspecified atom stereocenters. The maximum absolute atomic E-state index is 10.2. The molecule has 0 aromatic carbocycles. The SMILES string of the molecule is COCC(C)=CN(C)CC(=O)O. The van der Waals surface area contributed by atoms with E-state index in [0.29, 0.717) is 6.61 Å². The number of methoxy groups -OCH3 is 1.